The Morgan fingerprint density at radius 2 is 1.78 bits per heavy atom. The Hall–Kier alpha value is -2.01. The zero-order valence-electron chi connectivity index (χ0n) is 9.58. The Morgan fingerprint density at radius 3 is 2.50 bits per heavy atom. The van der Waals surface area contributed by atoms with Gasteiger partial charge in [0.15, 0.2) is 0 Å². The number of nitro groups is 1. The average Bonchev–Trinajstić information content (AvgIpc) is 2.38. The highest BCUT2D eigenvalue weighted by Crippen LogP contribution is 2.30. The zero-order valence-corrected chi connectivity index (χ0v) is 10.4. The number of rotatable bonds is 4. The molecule has 0 bridgehead atoms. The van der Waals surface area contributed by atoms with E-state index in [1.807, 2.05) is 24.3 Å². The van der Waals surface area contributed by atoms with Crippen molar-refractivity contribution in [2.45, 2.75) is 10.6 Å². The minimum absolute atomic E-state index is 0.152. The van der Waals surface area contributed by atoms with Crippen LogP contribution in [-0.4, -0.2) is 4.92 Å². The number of hydrogen-bond acceptors (Lipinski definition) is 4. The number of nitrogens with zero attached hydrogens (tertiary/aromatic N) is 1. The fourth-order valence-corrected chi connectivity index (χ4v) is 2.54. The van der Waals surface area contributed by atoms with Gasteiger partial charge in [0.25, 0.3) is 5.69 Å². The second-order valence-electron chi connectivity index (χ2n) is 3.71. The molecule has 0 fully saturated rings. The van der Waals surface area contributed by atoms with E-state index in [0.717, 1.165) is 4.90 Å². The highest BCUT2D eigenvalue weighted by Gasteiger charge is 2.12. The fraction of sp³-hybridized carbons (Fsp3) is 0.0769. The second kappa shape index (κ2) is 5.55. The van der Waals surface area contributed by atoms with Crippen LogP contribution < -0.4 is 5.73 Å². The third-order valence-corrected chi connectivity index (χ3v) is 3.63. The maximum atomic E-state index is 10.9. The molecule has 2 aromatic rings. The predicted octanol–water partition coefficient (Wildman–Crippen LogP) is 3.47. The van der Waals surface area contributed by atoms with E-state index in [1.54, 1.807) is 18.2 Å². The Balaban J connectivity index is 2.16. The molecule has 0 radical (unpaired) electrons. The molecule has 5 heteroatoms. The van der Waals surface area contributed by atoms with Gasteiger partial charge in [-0.1, -0.05) is 30.3 Å². The number of nitrogen functional groups attached to an aromatic ring is 1. The van der Waals surface area contributed by atoms with Crippen molar-refractivity contribution in [3.63, 3.8) is 0 Å². The topological polar surface area (TPSA) is 69.2 Å². The van der Waals surface area contributed by atoms with Gasteiger partial charge in [-0.15, -0.1) is 11.8 Å². The van der Waals surface area contributed by atoms with E-state index in [-0.39, 0.29) is 10.6 Å². The molecule has 0 atom stereocenters. The van der Waals surface area contributed by atoms with E-state index in [0.29, 0.717) is 17.0 Å². The van der Waals surface area contributed by atoms with Crippen molar-refractivity contribution < 1.29 is 4.92 Å². The standard InChI is InChI=1S/C13H12N2O2S/c14-11-6-2-4-8-13(11)18-9-10-5-1-3-7-12(10)15(16)17/h1-8H,9,14H2. The molecule has 2 rings (SSSR count). The van der Waals surface area contributed by atoms with Crippen molar-refractivity contribution >= 4 is 23.1 Å². The normalized spacial score (nSPS) is 10.2. The summed E-state index contributed by atoms with van der Waals surface area (Å²) in [6, 6.07) is 14.3. The van der Waals surface area contributed by atoms with Crippen LogP contribution >= 0.6 is 11.8 Å². The predicted molar refractivity (Wildman–Crippen MR) is 73.5 cm³/mol. The molecule has 0 spiro atoms. The van der Waals surface area contributed by atoms with Crippen LogP contribution in [0.25, 0.3) is 0 Å². The minimum atomic E-state index is -0.357. The quantitative estimate of drug-likeness (QED) is 0.395. The summed E-state index contributed by atoms with van der Waals surface area (Å²) in [5, 5.41) is 10.9. The lowest BCUT2D eigenvalue weighted by molar-refractivity contribution is -0.385. The van der Waals surface area contributed by atoms with Gasteiger partial charge < -0.3 is 5.73 Å². The summed E-state index contributed by atoms with van der Waals surface area (Å²) in [7, 11) is 0. The molecule has 0 aliphatic carbocycles. The van der Waals surface area contributed by atoms with Crippen LogP contribution in [0.2, 0.25) is 0 Å². The first-order valence-corrected chi connectivity index (χ1v) is 6.36. The molecule has 2 N–H and O–H groups in total. The van der Waals surface area contributed by atoms with Crippen LogP contribution in [0, 0.1) is 10.1 Å². The number of thioether (sulfide) groups is 1. The minimum Gasteiger partial charge on any atom is -0.398 e. The van der Waals surface area contributed by atoms with Crippen molar-refractivity contribution in [1.29, 1.82) is 0 Å². The molecular weight excluding hydrogens is 248 g/mol. The summed E-state index contributed by atoms with van der Waals surface area (Å²) in [5.41, 5.74) is 7.38. The molecule has 0 aliphatic rings. The monoisotopic (exact) mass is 260 g/mol. The SMILES string of the molecule is Nc1ccccc1SCc1ccccc1[N+](=O)[O-]. The Kier molecular flexibility index (Phi) is 3.84. The zero-order chi connectivity index (χ0) is 13.0. The van der Waals surface area contributed by atoms with Gasteiger partial charge in [-0.25, -0.2) is 0 Å². The average molecular weight is 260 g/mol. The first kappa shape index (κ1) is 12.4. The number of para-hydroxylation sites is 2. The molecule has 4 nitrogen and oxygen atoms in total. The van der Waals surface area contributed by atoms with Crippen LogP contribution in [0.4, 0.5) is 11.4 Å². The lowest BCUT2D eigenvalue weighted by Crippen LogP contribution is -1.94. The number of hydrogen-bond donors (Lipinski definition) is 1. The summed E-state index contributed by atoms with van der Waals surface area (Å²) in [6.45, 7) is 0. The first-order chi connectivity index (χ1) is 8.68. The van der Waals surface area contributed by atoms with E-state index in [4.69, 9.17) is 5.73 Å². The van der Waals surface area contributed by atoms with Gasteiger partial charge in [-0.3, -0.25) is 10.1 Å². The van der Waals surface area contributed by atoms with E-state index in [9.17, 15) is 10.1 Å². The molecule has 0 saturated carbocycles. The van der Waals surface area contributed by atoms with E-state index >= 15 is 0 Å². The van der Waals surface area contributed by atoms with Gasteiger partial charge in [0.05, 0.1) is 4.92 Å². The van der Waals surface area contributed by atoms with Crippen LogP contribution in [0.1, 0.15) is 5.56 Å². The Bertz CT molecular complexity index is 572. The van der Waals surface area contributed by atoms with Crippen LogP contribution in [0.3, 0.4) is 0 Å². The molecule has 0 aliphatic heterocycles. The molecule has 0 heterocycles. The van der Waals surface area contributed by atoms with Crippen molar-refractivity contribution in [2.75, 3.05) is 5.73 Å². The Labute approximate surface area is 109 Å². The first-order valence-electron chi connectivity index (χ1n) is 5.38. The molecule has 0 unspecified atom stereocenters. The third kappa shape index (κ3) is 2.81. The fourth-order valence-electron chi connectivity index (χ4n) is 1.58. The van der Waals surface area contributed by atoms with E-state index in [1.165, 1.54) is 17.8 Å². The summed E-state index contributed by atoms with van der Waals surface area (Å²) in [4.78, 5) is 11.5. The van der Waals surface area contributed by atoms with Crippen LogP contribution in [0.5, 0.6) is 0 Å². The van der Waals surface area contributed by atoms with Gasteiger partial charge in [0, 0.05) is 28.0 Å². The molecule has 0 amide bonds. The van der Waals surface area contributed by atoms with Crippen LogP contribution in [0.15, 0.2) is 53.4 Å². The maximum Gasteiger partial charge on any atom is 0.273 e. The van der Waals surface area contributed by atoms with Gasteiger partial charge in [0.1, 0.15) is 0 Å². The van der Waals surface area contributed by atoms with E-state index in [2.05, 4.69) is 0 Å². The van der Waals surface area contributed by atoms with Crippen LogP contribution in [-0.2, 0) is 5.75 Å². The lowest BCUT2D eigenvalue weighted by atomic mass is 10.2. The number of nitrogens with two attached hydrogens (primary N) is 1. The molecule has 18 heavy (non-hydrogen) atoms. The van der Waals surface area contributed by atoms with Crippen molar-refractivity contribution in [3.8, 4) is 0 Å². The highest BCUT2D eigenvalue weighted by molar-refractivity contribution is 7.98. The number of anilines is 1. The third-order valence-electron chi connectivity index (χ3n) is 2.49. The molecule has 92 valence electrons. The van der Waals surface area contributed by atoms with E-state index < -0.39 is 0 Å². The molecule has 0 aromatic heterocycles. The van der Waals surface area contributed by atoms with Crippen molar-refractivity contribution in [3.05, 3.63) is 64.2 Å². The summed E-state index contributed by atoms with van der Waals surface area (Å²) >= 11 is 1.50. The van der Waals surface area contributed by atoms with Gasteiger partial charge >= 0.3 is 0 Å². The second-order valence-corrected chi connectivity index (χ2v) is 4.73. The molecule has 0 saturated heterocycles. The summed E-state index contributed by atoms with van der Waals surface area (Å²) in [6.07, 6.45) is 0. The largest absolute Gasteiger partial charge is 0.398 e. The lowest BCUT2D eigenvalue weighted by Gasteiger charge is -2.05. The van der Waals surface area contributed by atoms with Gasteiger partial charge in [-0.05, 0) is 12.1 Å². The van der Waals surface area contributed by atoms with Crippen molar-refractivity contribution in [2.24, 2.45) is 0 Å². The molecular formula is C13H12N2O2S. The van der Waals surface area contributed by atoms with Crippen molar-refractivity contribution in [1.82, 2.24) is 0 Å². The highest BCUT2D eigenvalue weighted by atomic mass is 32.2. The number of benzene rings is 2. The Morgan fingerprint density at radius 1 is 1.11 bits per heavy atom. The summed E-state index contributed by atoms with van der Waals surface area (Å²) in [5.74, 6) is 0.533. The van der Waals surface area contributed by atoms with Gasteiger partial charge in [0.2, 0.25) is 0 Å². The number of nitro benzene ring substituents is 1. The summed E-state index contributed by atoms with van der Waals surface area (Å²) < 4.78 is 0. The van der Waals surface area contributed by atoms with Gasteiger partial charge in [-0.2, -0.15) is 0 Å². The maximum absolute atomic E-state index is 10.9. The molecule has 2 aromatic carbocycles. The smallest absolute Gasteiger partial charge is 0.273 e.